The topological polar surface area (TPSA) is 64.6 Å². The second kappa shape index (κ2) is 9.81. The first-order valence-corrected chi connectivity index (χ1v) is 8.58. The zero-order valence-corrected chi connectivity index (χ0v) is 14.4. The molecule has 0 aliphatic heterocycles. The molecule has 0 heterocycles. The summed E-state index contributed by atoms with van der Waals surface area (Å²) in [5, 5.41) is 2.78. The summed E-state index contributed by atoms with van der Waals surface area (Å²) in [4.78, 5) is 23.7. The number of hydrogen-bond acceptors (Lipinski definition) is 4. The summed E-state index contributed by atoms with van der Waals surface area (Å²) in [5.74, 6) is -1.01. The van der Waals surface area contributed by atoms with Gasteiger partial charge in [-0.3, -0.25) is 4.79 Å². The molecule has 0 bridgehead atoms. The highest BCUT2D eigenvalue weighted by Crippen LogP contribution is 2.19. The molecule has 0 unspecified atom stereocenters. The van der Waals surface area contributed by atoms with E-state index in [0.717, 1.165) is 19.3 Å². The van der Waals surface area contributed by atoms with Crippen molar-refractivity contribution in [3.8, 4) is 5.75 Å². The van der Waals surface area contributed by atoms with Gasteiger partial charge in [-0.25, -0.2) is 9.18 Å². The molecule has 1 aliphatic rings. The summed E-state index contributed by atoms with van der Waals surface area (Å²) in [6.07, 6.45) is 6.85. The number of hydrogen-bond donors (Lipinski definition) is 1. The van der Waals surface area contributed by atoms with Crippen LogP contribution in [0, 0.1) is 5.82 Å². The summed E-state index contributed by atoms with van der Waals surface area (Å²) in [5.41, 5.74) is 1.38. The molecule has 1 atom stereocenters. The SMILES string of the molecule is C[C@H](OC(=O)COc1ccc(F)cc1)C(=O)NCCC1=CCCCC1. The third-order valence-electron chi connectivity index (χ3n) is 3.98. The summed E-state index contributed by atoms with van der Waals surface area (Å²) >= 11 is 0. The fourth-order valence-electron chi connectivity index (χ4n) is 2.58. The number of halogens is 1. The number of carbonyl (C=O) groups is 2. The predicted octanol–water partition coefficient (Wildman–Crippen LogP) is 3.14. The van der Waals surface area contributed by atoms with Crippen LogP contribution in [0.3, 0.4) is 0 Å². The summed E-state index contributed by atoms with van der Waals surface area (Å²) in [6.45, 7) is 1.72. The van der Waals surface area contributed by atoms with Crippen molar-refractivity contribution in [2.24, 2.45) is 0 Å². The van der Waals surface area contributed by atoms with Crippen LogP contribution >= 0.6 is 0 Å². The Labute approximate surface area is 147 Å². The van der Waals surface area contributed by atoms with Crippen LogP contribution in [-0.2, 0) is 14.3 Å². The molecule has 0 fully saturated rings. The minimum Gasteiger partial charge on any atom is -0.482 e. The van der Waals surface area contributed by atoms with E-state index in [2.05, 4.69) is 11.4 Å². The van der Waals surface area contributed by atoms with Crippen molar-refractivity contribution in [3.05, 3.63) is 41.7 Å². The van der Waals surface area contributed by atoms with E-state index < -0.39 is 12.1 Å². The maximum absolute atomic E-state index is 12.8. The van der Waals surface area contributed by atoms with E-state index in [-0.39, 0.29) is 18.3 Å². The molecule has 2 rings (SSSR count). The fraction of sp³-hybridized carbons (Fsp3) is 0.474. The average molecular weight is 349 g/mol. The third-order valence-corrected chi connectivity index (χ3v) is 3.98. The molecule has 1 aliphatic carbocycles. The summed E-state index contributed by atoms with van der Waals surface area (Å²) in [7, 11) is 0. The number of ether oxygens (including phenoxy) is 2. The molecule has 136 valence electrons. The standard InChI is InChI=1S/C19H24FNO4/c1-14(19(23)21-12-11-15-5-3-2-4-6-15)25-18(22)13-24-17-9-7-16(20)8-10-17/h5,7-10,14H,2-4,6,11-13H2,1H3,(H,21,23)/t14-/m0/s1. The molecule has 0 saturated heterocycles. The highest BCUT2D eigenvalue weighted by Gasteiger charge is 2.18. The molecule has 0 saturated carbocycles. The first kappa shape index (κ1) is 19.0. The van der Waals surface area contributed by atoms with Crippen LogP contribution in [-0.4, -0.2) is 31.1 Å². The summed E-state index contributed by atoms with van der Waals surface area (Å²) in [6, 6.07) is 5.30. The zero-order valence-electron chi connectivity index (χ0n) is 14.4. The van der Waals surface area contributed by atoms with Gasteiger partial charge in [0.2, 0.25) is 0 Å². The van der Waals surface area contributed by atoms with Gasteiger partial charge in [-0.1, -0.05) is 11.6 Å². The average Bonchev–Trinajstić information content (AvgIpc) is 2.62. The van der Waals surface area contributed by atoms with Gasteiger partial charge in [-0.15, -0.1) is 0 Å². The Balaban J connectivity index is 1.64. The number of carbonyl (C=O) groups excluding carboxylic acids is 2. The van der Waals surface area contributed by atoms with Gasteiger partial charge < -0.3 is 14.8 Å². The van der Waals surface area contributed by atoms with E-state index in [0.29, 0.717) is 12.3 Å². The maximum Gasteiger partial charge on any atom is 0.344 e. The number of esters is 1. The molecule has 0 spiro atoms. The minimum absolute atomic E-state index is 0.327. The highest BCUT2D eigenvalue weighted by molar-refractivity contribution is 5.83. The van der Waals surface area contributed by atoms with Crippen LogP contribution in [0.2, 0.25) is 0 Å². The number of allylic oxidation sites excluding steroid dienone is 1. The van der Waals surface area contributed by atoms with Gasteiger partial charge in [-0.05, 0) is 63.3 Å². The van der Waals surface area contributed by atoms with E-state index >= 15 is 0 Å². The Bertz CT molecular complexity index is 612. The quantitative estimate of drug-likeness (QED) is 0.578. The van der Waals surface area contributed by atoms with Gasteiger partial charge in [0.25, 0.3) is 5.91 Å². The fourth-order valence-corrected chi connectivity index (χ4v) is 2.58. The van der Waals surface area contributed by atoms with Gasteiger partial charge in [0, 0.05) is 6.54 Å². The molecule has 0 radical (unpaired) electrons. The smallest absolute Gasteiger partial charge is 0.344 e. The third kappa shape index (κ3) is 6.95. The normalized spacial score (nSPS) is 15.0. The van der Waals surface area contributed by atoms with Crippen molar-refractivity contribution in [2.75, 3.05) is 13.2 Å². The second-order valence-corrected chi connectivity index (χ2v) is 6.02. The lowest BCUT2D eigenvalue weighted by Crippen LogP contribution is -2.37. The monoisotopic (exact) mass is 349 g/mol. The van der Waals surface area contributed by atoms with Crippen LogP contribution in [0.15, 0.2) is 35.9 Å². The van der Waals surface area contributed by atoms with Crippen molar-refractivity contribution in [1.82, 2.24) is 5.32 Å². The van der Waals surface area contributed by atoms with Gasteiger partial charge >= 0.3 is 5.97 Å². The van der Waals surface area contributed by atoms with Gasteiger partial charge in [-0.2, -0.15) is 0 Å². The first-order valence-electron chi connectivity index (χ1n) is 8.58. The minimum atomic E-state index is -0.885. The zero-order chi connectivity index (χ0) is 18.1. The van der Waals surface area contributed by atoms with Crippen molar-refractivity contribution in [1.29, 1.82) is 0 Å². The molecular formula is C19H24FNO4. The van der Waals surface area contributed by atoms with Crippen molar-refractivity contribution < 1.29 is 23.5 Å². The van der Waals surface area contributed by atoms with Crippen LogP contribution < -0.4 is 10.1 Å². The van der Waals surface area contributed by atoms with Gasteiger partial charge in [0.15, 0.2) is 12.7 Å². The van der Waals surface area contributed by atoms with E-state index in [4.69, 9.17) is 9.47 Å². The van der Waals surface area contributed by atoms with E-state index in [1.54, 1.807) is 0 Å². The van der Waals surface area contributed by atoms with Gasteiger partial charge in [0.05, 0.1) is 0 Å². The molecule has 25 heavy (non-hydrogen) atoms. The maximum atomic E-state index is 12.8. The Hall–Kier alpha value is -2.37. The predicted molar refractivity (Wildman–Crippen MR) is 91.6 cm³/mol. The Morgan fingerprint density at radius 3 is 2.68 bits per heavy atom. The molecule has 1 N–H and O–H groups in total. The van der Waals surface area contributed by atoms with Crippen molar-refractivity contribution in [3.63, 3.8) is 0 Å². The van der Waals surface area contributed by atoms with Crippen LogP contribution in [0.4, 0.5) is 4.39 Å². The van der Waals surface area contributed by atoms with Gasteiger partial charge in [0.1, 0.15) is 11.6 Å². The number of amides is 1. The van der Waals surface area contributed by atoms with E-state index in [1.807, 2.05) is 0 Å². The summed E-state index contributed by atoms with van der Waals surface area (Å²) < 4.78 is 23.0. The lowest BCUT2D eigenvalue weighted by molar-refractivity contribution is -0.156. The molecule has 1 aromatic carbocycles. The molecule has 0 aromatic heterocycles. The lowest BCUT2D eigenvalue weighted by Gasteiger charge is -2.15. The highest BCUT2D eigenvalue weighted by atomic mass is 19.1. The first-order chi connectivity index (χ1) is 12.0. The Morgan fingerprint density at radius 2 is 2.00 bits per heavy atom. The van der Waals surface area contributed by atoms with Crippen molar-refractivity contribution >= 4 is 11.9 Å². The van der Waals surface area contributed by atoms with Crippen LogP contribution in [0.1, 0.15) is 39.0 Å². The number of rotatable bonds is 8. The Kier molecular flexibility index (Phi) is 7.44. The Morgan fingerprint density at radius 1 is 1.24 bits per heavy atom. The second-order valence-electron chi connectivity index (χ2n) is 6.02. The number of nitrogens with one attached hydrogen (secondary N) is 1. The van der Waals surface area contributed by atoms with Crippen LogP contribution in [0.25, 0.3) is 0 Å². The van der Waals surface area contributed by atoms with Crippen molar-refractivity contribution in [2.45, 2.75) is 45.1 Å². The molecular weight excluding hydrogens is 325 g/mol. The number of benzene rings is 1. The molecule has 5 nitrogen and oxygen atoms in total. The largest absolute Gasteiger partial charge is 0.482 e. The molecule has 6 heteroatoms. The lowest BCUT2D eigenvalue weighted by atomic mass is 9.97. The molecule has 1 amide bonds. The van der Waals surface area contributed by atoms with Crippen LogP contribution in [0.5, 0.6) is 5.75 Å². The van der Waals surface area contributed by atoms with E-state index in [1.165, 1.54) is 49.6 Å². The van der Waals surface area contributed by atoms with E-state index in [9.17, 15) is 14.0 Å². The molecule has 1 aromatic rings.